The van der Waals surface area contributed by atoms with Gasteiger partial charge in [0, 0.05) is 12.6 Å². The van der Waals surface area contributed by atoms with Gasteiger partial charge in [-0.1, -0.05) is 0 Å². The Bertz CT molecular complexity index is 552. The highest BCUT2D eigenvalue weighted by Crippen LogP contribution is 2.11. The normalized spacial score (nSPS) is 10.8. The van der Waals surface area contributed by atoms with E-state index in [4.69, 9.17) is 0 Å². The SMILES string of the molecule is CC(=O)n1c(C)nnc1-n1nc(C)cc1C. The summed E-state index contributed by atoms with van der Waals surface area (Å²) in [5, 5.41) is 12.1. The fraction of sp³-hybridized carbons (Fsp3) is 0.400. The molecule has 16 heavy (non-hydrogen) atoms. The Labute approximate surface area is 92.9 Å². The van der Waals surface area contributed by atoms with Crippen LogP contribution in [-0.4, -0.2) is 30.5 Å². The third kappa shape index (κ3) is 1.52. The van der Waals surface area contributed by atoms with Crippen LogP contribution in [0.2, 0.25) is 0 Å². The van der Waals surface area contributed by atoms with Gasteiger partial charge in [0.2, 0.25) is 5.91 Å². The van der Waals surface area contributed by atoms with Gasteiger partial charge < -0.3 is 0 Å². The first kappa shape index (κ1) is 10.5. The highest BCUT2D eigenvalue weighted by molar-refractivity contribution is 5.78. The fourth-order valence-corrected chi connectivity index (χ4v) is 1.69. The molecule has 0 aliphatic rings. The molecule has 2 heterocycles. The van der Waals surface area contributed by atoms with E-state index in [9.17, 15) is 4.79 Å². The summed E-state index contributed by atoms with van der Waals surface area (Å²) in [6.45, 7) is 7.02. The Hall–Kier alpha value is -1.98. The minimum atomic E-state index is -0.120. The smallest absolute Gasteiger partial charge is 0.259 e. The van der Waals surface area contributed by atoms with E-state index in [0.29, 0.717) is 11.8 Å². The van der Waals surface area contributed by atoms with Gasteiger partial charge in [0.15, 0.2) is 0 Å². The second kappa shape index (κ2) is 3.55. The van der Waals surface area contributed by atoms with Crippen LogP contribution in [0.4, 0.5) is 0 Å². The van der Waals surface area contributed by atoms with Gasteiger partial charge in [-0.25, -0.2) is 9.25 Å². The Balaban J connectivity index is 2.65. The number of carbonyl (C=O) groups excluding carboxylic acids is 1. The minimum absolute atomic E-state index is 0.120. The summed E-state index contributed by atoms with van der Waals surface area (Å²) < 4.78 is 3.07. The van der Waals surface area contributed by atoms with Gasteiger partial charge in [-0.2, -0.15) is 5.10 Å². The molecule has 0 amide bonds. The first-order valence-corrected chi connectivity index (χ1v) is 4.97. The molecule has 0 saturated heterocycles. The van der Waals surface area contributed by atoms with E-state index in [2.05, 4.69) is 15.3 Å². The zero-order valence-electron chi connectivity index (χ0n) is 9.72. The molecule has 6 heteroatoms. The van der Waals surface area contributed by atoms with Crippen molar-refractivity contribution in [3.63, 3.8) is 0 Å². The summed E-state index contributed by atoms with van der Waals surface area (Å²) in [7, 11) is 0. The van der Waals surface area contributed by atoms with Crippen molar-refractivity contribution in [2.45, 2.75) is 27.7 Å². The number of aromatic nitrogens is 5. The lowest BCUT2D eigenvalue weighted by Crippen LogP contribution is -2.15. The lowest BCUT2D eigenvalue weighted by atomic mass is 10.4. The molecule has 0 N–H and O–H groups in total. The van der Waals surface area contributed by atoms with Crippen LogP contribution in [0.3, 0.4) is 0 Å². The van der Waals surface area contributed by atoms with Crippen LogP contribution in [-0.2, 0) is 0 Å². The molecule has 0 saturated carbocycles. The highest BCUT2D eigenvalue weighted by Gasteiger charge is 2.16. The van der Waals surface area contributed by atoms with Crippen LogP contribution < -0.4 is 0 Å². The van der Waals surface area contributed by atoms with Crippen molar-refractivity contribution >= 4 is 5.91 Å². The van der Waals surface area contributed by atoms with Gasteiger partial charge in [-0.05, 0) is 26.8 Å². The summed E-state index contributed by atoms with van der Waals surface area (Å²) in [5.74, 6) is 0.885. The van der Waals surface area contributed by atoms with Crippen molar-refractivity contribution in [3.8, 4) is 5.95 Å². The largest absolute Gasteiger partial charge is 0.274 e. The average molecular weight is 219 g/mol. The molecular weight excluding hydrogens is 206 g/mol. The molecule has 0 radical (unpaired) electrons. The zero-order valence-corrected chi connectivity index (χ0v) is 9.72. The molecule has 0 fully saturated rings. The van der Waals surface area contributed by atoms with Crippen LogP contribution in [0.15, 0.2) is 6.07 Å². The number of aryl methyl sites for hydroxylation is 3. The minimum Gasteiger partial charge on any atom is -0.274 e. The second-order valence-corrected chi connectivity index (χ2v) is 3.74. The molecule has 2 aromatic heterocycles. The van der Waals surface area contributed by atoms with Crippen molar-refractivity contribution < 1.29 is 4.79 Å². The summed E-state index contributed by atoms with van der Waals surface area (Å²) in [6, 6.07) is 1.93. The molecule has 0 bridgehead atoms. The van der Waals surface area contributed by atoms with Crippen LogP contribution in [0.25, 0.3) is 5.95 Å². The lowest BCUT2D eigenvalue weighted by Gasteiger charge is -2.04. The van der Waals surface area contributed by atoms with Crippen LogP contribution in [0.1, 0.15) is 28.9 Å². The molecule has 6 nitrogen and oxygen atoms in total. The summed E-state index contributed by atoms with van der Waals surface area (Å²) in [4.78, 5) is 11.5. The number of carbonyl (C=O) groups is 1. The van der Waals surface area contributed by atoms with Crippen LogP contribution in [0, 0.1) is 20.8 Å². The van der Waals surface area contributed by atoms with E-state index in [1.165, 1.54) is 11.5 Å². The molecule has 0 aliphatic heterocycles. The van der Waals surface area contributed by atoms with Crippen molar-refractivity contribution in [3.05, 3.63) is 23.3 Å². The standard InChI is InChI=1S/C10H13N5O/c1-6-5-7(2)15(13-6)10-12-11-8(3)14(10)9(4)16/h5H,1-4H3. The molecule has 2 aromatic rings. The Kier molecular flexibility index (Phi) is 2.34. The quantitative estimate of drug-likeness (QED) is 0.719. The predicted octanol–water partition coefficient (Wildman–Crippen LogP) is 1.05. The fourth-order valence-electron chi connectivity index (χ4n) is 1.69. The summed E-state index contributed by atoms with van der Waals surface area (Å²) >= 11 is 0. The summed E-state index contributed by atoms with van der Waals surface area (Å²) in [6.07, 6.45) is 0. The Morgan fingerprint density at radius 1 is 1.25 bits per heavy atom. The molecule has 0 aliphatic carbocycles. The summed E-state index contributed by atoms with van der Waals surface area (Å²) in [5.41, 5.74) is 1.81. The maximum Gasteiger partial charge on any atom is 0.259 e. The molecule has 0 unspecified atom stereocenters. The maximum atomic E-state index is 11.5. The monoisotopic (exact) mass is 219 g/mol. The topological polar surface area (TPSA) is 65.6 Å². The van der Waals surface area contributed by atoms with Gasteiger partial charge in [-0.3, -0.25) is 4.79 Å². The number of hydrogen-bond acceptors (Lipinski definition) is 4. The molecule has 84 valence electrons. The van der Waals surface area contributed by atoms with E-state index in [-0.39, 0.29) is 5.91 Å². The van der Waals surface area contributed by atoms with E-state index in [1.54, 1.807) is 11.6 Å². The molecular formula is C10H13N5O. The van der Waals surface area contributed by atoms with Gasteiger partial charge in [0.1, 0.15) is 5.82 Å². The average Bonchev–Trinajstić information content (AvgIpc) is 2.69. The van der Waals surface area contributed by atoms with E-state index in [0.717, 1.165) is 11.4 Å². The molecule has 2 rings (SSSR count). The molecule has 0 spiro atoms. The third-order valence-corrected chi connectivity index (χ3v) is 2.32. The van der Waals surface area contributed by atoms with Crippen LogP contribution in [0.5, 0.6) is 0 Å². The highest BCUT2D eigenvalue weighted by atomic mass is 16.2. The van der Waals surface area contributed by atoms with Gasteiger partial charge in [0.05, 0.1) is 5.69 Å². The Morgan fingerprint density at radius 2 is 1.94 bits per heavy atom. The molecule has 0 aromatic carbocycles. The second-order valence-electron chi connectivity index (χ2n) is 3.74. The molecule has 0 atom stereocenters. The third-order valence-electron chi connectivity index (χ3n) is 2.32. The number of nitrogens with zero attached hydrogens (tertiary/aromatic N) is 5. The lowest BCUT2D eigenvalue weighted by molar-refractivity contribution is 0.0933. The Morgan fingerprint density at radius 3 is 2.44 bits per heavy atom. The van der Waals surface area contributed by atoms with Gasteiger partial charge in [0.25, 0.3) is 5.95 Å². The first-order chi connectivity index (χ1) is 7.50. The van der Waals surface area contributed by atoms with E-state index >= 15 is 0 Å². The maximum absolute atomic E-state index is 11.5. The number of rotatable bonds is 1. The van der Waals surface area contributed by atoms with E-state index in [1.807, 2.05) is 19.9 Å². The predicted molar refractivity (Wildman–Crippen MR) is 57.7 cm³/mol. The van der Waals surface area contributed by atoms with Crippen molar-refractivity contribution in [1.82, 2.24) is 24.5 Å². The van der Waals surface area contributed by atoms with Gasteiger partial charge in [-0.15, -0.1) is 10.2 Å². The van der Waals surface area contributed by atoms with Crippen LogP contribution >= 0.6 is 0 Å². The van der Waals surface area contributed by atoms with Gasteiger partial charge >= 0.3 is 0 Å². The van der Waals surface area contributed by atoms with Crippen molar-refractivity contribution in [2.24, 2.45) is 0 Å². The first-order valence-electron chi connectivity index (χ1n) is 4.97. The van der Waals surface area contributed by atoms with E-state index < -0.39 is 0 Å². The zero-order chi connectivity index (χ0) is 11.9. The number of hydrogen-bond donors (Lipinski definition) is 0. The van der Waals surface area contributed by atoms with Crippen molar-refractivity contribution in [2.75, 3.05) is 0 Å². The van der Waals surface area contributed by atoms with Crippen molar-refractivity contribution in [1.29, 1.82) is 0 Å².